The summed E-state index contributed by atoms with van der Waals surface area (Å²) in [6, 6.07) is 0. The summed E-state index contributed by atoms with van der Waals surface area (Å²) in [5.74, 6) is 0.0926. The molecule has 0 saturated carbocycles. The number of allylic oxidation sites excluding steroid dienone is 1. The van der Waals surface area contributed by atoms with E-state index in [-0.39, 0.29) is 5.90 Å². The van der Waals surface area contributed by atoms with Crippen LogP contribution in [0.5, 0.6) is 0 Å². The van der Waals surface area contributed by atoms with Crippen molar-refractivity contribution < 1.29 is 5.11 Å². The smallest absolute Gasteiger partial charge is 0.447 e. The molecule has 0 radical (unpaired) electrons. The number of rotatable bonds is 0. The molecule has 0 aromatic carbocycles. The van der Waals surface area contributed by atoms with Gasteiger partial charge < -0.3 is 5.11 Å². The predicted molar refractivity (Wildman–Crippen MR) is 25.0 cm³/mol. The van der Waals surface area contributed by atoms with E-state index in [2.05, 4.69) is 4.67 Å². The molecule has 0 spiro atoms. The van der Waals surface area contributed by atoms with Gasteiger partial charge in [0, 0.05) is 6.08 Å². The first kappa shape index (κ1) is 3.19. The lowest BCUT2D eigenvalue weighted by Gasteiger charge is -1.54. The maximum absolute atomic E-state index is 8.36. The van der Waals surface area contributed by atoms with Crippen LogP contribution in [0.4, 0.5) is 0 Å². The van der Waals surface area contributed by atoms with Crippen LogP contribution in [0.1, 0.15) is 0 Å². The van der Waals surface area contributed by atoms with Crippen molar-refractivity contribution in [3.63, 3.8) is 0 Å². The fourth-order valence-electron chi connectivity index (χ4n) is 0.292. The minimum absolute atomic E-state index is 0.0926. The zero-order valence-corrected chi connectivity index (χ0v) is 3.13. The molecule has 2 heteroatoms. The van der Waals surface area contributed by atoms with Gasteiger partial charge in [-0.2, -0.15) is 0 Å². The molecule has 1 heterocycles. The fourth-order valence-corrected chi connectivity index (χ4v) is 0.292. The molecular weight excluding hydrogens is 78.0 g/mol. The van der Waals surface area contributed by atoms with Crippen molar-refractivity contribution in [3.8, 4) is 0 Å². The summed E-state index contributed by atoms with van der Waals surface area (Å²) in [6.07, 6.45) is 4.74. The van der Waals surface area contributed by atoms with Crippen LogP contribution in [0.25, 0.3) is 0 Å². The second-order valence-corrected chi connectivity index (χ2v) is 0.995. The van der Waals surface area contributed by atoms with E-state index in [1.54, 1.807) is 6.08 Å². The van der Waals surface area contributed by atoms with Crippen molar-refractivity contribution in [3.05, 3.63) is 12.2 Å². The first-order valence-electron chi connectivity index (χ1n) is 1.66. The second kappa shape index (κ2) is 0.994. The molecule has 0 fully saturated rings. The zero-order chi connectivity index (χ0) is 4.41. The van der Waals surface area contributed by atoms with E-state index in [0.29, 0.717) is 0 Å². The lowest BCUT2D eigenvalue weighted by atomic mass is 10.6. The first-order chi connectivity index (χ1) is 2.89. The fraction of sp³-hybridized carbons (Fsp3) is 0. The molecule has 0 unspecified atom stereocenters. The number of aliphatic hydroxyl groups excluding tert-OH is 1. The molecule has 0 saturated heterocycles. The van der Waals surface area contributed by atoms with Gasteiger partial charge in [0.1, 0.15) is 0 Å². The molecule has 0 aromatic heterocycles. The Morgan fingerprint density at radius 2 is 2.50 bits per heavy atom. The van der Waals surface area contributed by atoms with Gasteiger partial charge in [0.05, 0.1) is 6.08 Å². The normalized spacial score (nSPS) is 15.7. The maximum Gasteiger partial charge on any atom is 0.485 e. The van der Waals surface area contributed by atoms with Crippen molar-refractivity contribution in [1.82, 2.24) is 4.67 Å². The summed E-state index contributed by atoms with van der Waals surface area (Å²) in [6.45, 7) is 0. The summed E-state index contributed by atoms with van der Waals surface area (Å²) in [5, 5.41) is 8.36. The van der Waals surface area contributed by atoms with Gasteiger partial charge in [-0.15, -0.1) is 0 Å². The highest BCUT2D eigenvalue weighted by Crippen LogP contribution is 1.69. The van der Waals surface area contributed by atoms with E-state index in [1.807, 2.05) is 0 Å². The van der Waals surface area contributed by atoms with E-state index < -0.39 is 0 Å². The number of nitrogens with zero attached hydrogens (tertiary/aromatic N) is 1. The first-order valence-corrected chi connectivity index (χ1v) is 1.66. The van der Waals surface area contributed by atoms with Crippen LogP contribution in [0.15, 0.2) is 12.2 Å². The topological polar surface area (TPSA) is 34.3 Å². The molecule has 0 amide bonds. The summed E-state index contributed by atoms with van der Waals surface area (Å²) in [7, 11) is 0. The largest absolute Gasteiger partial charge is 0.485 e. The SMILES string of the molecule is OC1=[N+]=CC=C1. The monoisotopic (exact) mass is 82.0 g/mol. The molecule has 1 aliphatic heterocycles. The molecule has 1 aliphatic rings. The standard InChI is InChI=1S/C4H3NO/c6-4-2-1-3-5-4/h1-3H/p+1. The van der Waals surface area contributed by atoms with Crippen LogP contribution in [0, 0.1) is 0 Å². The average Bonchev–Trinajstić information content (AvgIpc) is 1.86. The van der Waals surface area contributed by atoms with Gasteiger partial charge in [0.15, 0.2) is 0 Å². The van der Waals surface area contributed by atoms with Gasteiger partial charge in [0.25, 0.3) is 6.21 Å². The van der Waals surface area contributed by atoms with Crippen molar-refractivity contribution in [1.29, 1.82) is 0 Å². The Hall–Kier alpha value is -1.01. The molecule has 0 bridgehead atoms. The Balaban J connectivity index is 2.98. The van der Waals surface area contributed by atoms with E-state index in [0.717, 1.165) is 0 Å². The summed E-state index contributed by atoms with van der Waals surface area (Å²) in [4.78, 5) is 0. The summed E-state index contributed by atoms with van der Waals surface area (Å²) in [5.41, 5.74) is 0. The Kier molecular flexibility index (Phi) is 0.529. The number of hydrogen-bond acceptors (Lipinski definition) is 0. The Morgan fingerprint density at radius 1 is 1.67 bits per heavy atom. The Bertz CT molecular complexity index is 140. The molecular formula is C4H4NO+. The van der Waals surface area contributed by atoms with Gasteiger partial charge >= 0.3 is 5.90 Å². The lowest BCUT2D eigenvalue weighted by molar-refractivity contribution is 0.558. The van der Waals surface area contributed by atoms with Crippen molar-refractivity contribution >= 4 is 12.1 Å². The number of hydrogen-bond donors (Lipinski definition) is 1. The maximum atomic E-state index is 8.36. The van der Waals surface area contributed by atoms with Crippen LogP contribution < -0.4 is 4.67 Å². The number of aliphatic hydroxyl groups is 1. The molecule has 2 nitrogen and oxygen atoms in total. The van der Waals surface area contributed by atoms with Crippen LogP contribution in [-0.4, -0.2) is 17.2 Å². The minimum Gasteiger partial charge on any atom is -0.447 e. The molecule has 0 aromatic rings. The van der Waals surface area contributed by atoms with Crippen LogP contribution in [0.3, 0.4) is 0 Å². The second-order valence-electron chi connectivity index (χ2n) is 0.995. The molecule has 1 N–H and O–H groups in total. The van der Waals surface area contributed by atoms with Gasteiger partial charge in [-0.25, -0.2) is 0 Å². The van der Waals surface area contributed by atoms with Crippen LogP contribution >= 0.6 is 0 Å². The molecule has 1 rings (SSSR count). The lowest BCUT2D eigenvalue weighted by Crippen LogP contribution is -1.87. The van der Waals surface area contributed by atoms with Gasteiger partial charge in [0.2, 0.25) is 0 Å². The molecule has 0 atom stereocenters. The minimum atomic E-state index is 0.0926. The quantitative estimate of drug-likeness (QED) is 0.398. The van der Waals surface area contributed by atoms with Gasteiger partial charge in [-0.05, 0) is 0 Å². The van der Waals surface area contributed by atoms with Crippen molar-refractivity contribution in [2.45, 2.75) is 0 Å². The van der Waals surface area contributed by atoms with Crippen molar-refractivity contribution in [2.24, 2.45) is 0 Å². The highest BCUT2D eigenvalue weighted by Gasteiger charge is 1.99. The third-order valence-electron chi connectivity index (χ3n) is 0.538. The average molecular weight is 82.1 g/mol. The Labute approximate surface area is 35.2 Å². The van der Waals surface area contributed by atoms with E-state index >= 15 is 0 Å². The summed E-state index contributed by atoms with van der Waals surface area (Å²) >= 11 is 0. The molecule has 0 aliphatic carbocycles. The Morgan fingerprint density at radius 3 is 2.67 bits per heavy atom. The van der Waals surface area contributed by atoms with Gasteiger partial charge in [-0.3, -0.25) is 0 Å². The van der Waals surface area contributed by atoms with E-state index in [4.69, 9.17) is 5.11 Å². The summed E-state index contributed by atoms with van der Waals surface area (Å²) < 4.78 is 3.47. The highest BCUT2D eigenvalue weighted by molar-refractivity contribution is 5.96. The molecule has 6 heavy (non-hydrogen) atoms. The van der Waals surface area contributed by atoms with Crippen molar-refractivity contribution in [2.75, 3.05) is 0 Å². The van der Waals surface area contributed by atoms with E-state index in [9.17, 15) is 0 Å². The highest BCUT2D eigenvalue weighted by atomic mass is 16.3. The third-order valence-corrected chi connectivity index (χ3v) is 0.538. The van der Waals surface area contributed by atoms with Gasteiger partial charge in [-0.1, -0.05) is 4.67 Å². The predicted octanol–water partition coefficient (Wildman–Crippen LogP) is -0.349. The van der Waals surface area contributed by atoms with E-state index in [1.165, 1.54) is 12.3 Å². The van der Waals surface area contributed by atoms with Crippen LogP contribution in [-0.2, 0) is 0 Å². The zero-order valence-electron chi connectivity index (χ0n) is 3.13. The molecule has 30 valence electrons. The van der Waals surface area contributed by atoms with Crippen LogP contribution in [0.2, 0.25) is 0 Å². The third kappa shape index (κ3) is 0.330.